The third-order valence-corrected chi connectivity index (χ3v) is 5.47. The highest BCUT2D eigenvalue weighted by Gasteiger charge is 2.33. The maximum Gasteiger partial charge on any atom is 0.417 e. The van der Waals surface area contributed by atoms with Gasteiger partial charge in [-0.1, -0.05) is 17.7 Å². The fourth-order valence-corrected chi connectivity index (χ4v) is 3.62. The molecule has 0 bridgehead atoms. The van der Waals surface area contributed by atoms with Gasteiger partial charge in [-0.05, 0) is 36.8 Å². The first-order chi connectivity index (χ1) is 18.0. The molecule has 0 aliphatic heterocycles. The van der Waals surface area contributed by atoms with Crippen LogP contribution in [0.3, 0.4) is 0 Å². The first kappa shape index (κ1) is 26.7. The van der Waals surface area contributed by atoms with Gasteiger partial charge in [0.2, 0.25) is 0 Å². The summed E-state index contributed by atoms with van der Waals surface area (Å²) >= 11 is 5.61. The number of aryl methyl sites for hydroxylation is 1. The molecule has 4 aromatic rings. The number of rotatable bonds is 7. The van der Waals surface area contributed by atoms with E-state index in [1.807, 2.05) is 38.1 Å². The lowest BCUT2D eigenvalue weighted by Gasteiger charge is -2.12. The number of H-pyrrole nitrogens is 1. The molecule has 4 rings (SSSR count). The number of aromatic nitrogens is 5. The summed E-state index contributed by atoms with van der Waals surface area (Å²) in [5.74, 6) is 2.82. The van der Waals surface area contributed by atoms with Gasteiger partial charge in [0, 0.05) is 50.2 Å². The lowest BCUT2D eigenvalue weighted by atomic mass is 10.2. The molecule has 0 saturated heterocycles. The molecule has 14 heteroatoms. The number of hydrogen-bond acceptors (Lipinski definition) is 7. The lowest BCUT2D eigenvalue weighted by molar-refractivity contribution is -0.137. The highest BCUT2D eigenvalue weighted by atomic mass is 35.5. The Morgan fingerprint density at radius 3 is 2.50 bits per heavy atom. The molecule has 0 atom stereocenters. The maximum absolute atomic E-state index is 13.0. The average molecular weight is 546 g/mol. The zero-order valence-corrected chi connectivity index (χ0v) is 21.2. The zero-order chi connectivity index (χ0) is 27.4. The van der Waals surface area contributed by atoms with Crippen molar-refractivity contribution in [2.75, 3.05) is 34.9 Å². The second-order valence-electron chi connectivity index (χ2n) is 8.47. The summed E-state index contributed by atoms with van der Waals surface area (Å²) in [5.41, 5.74) is 0.448. The van der Waals surface area contributed by atoms with Crippen molar-refractivity contribution >= 4 is 46.6 Å². The number of benzene rings is 1. The van der Waals surface area contributed by atoms with Crippen LogP contribution in [0.4, 0.5) is 46.9 Å². The van der Waals surface area contributed by atoms with E-state index in [0.29, 0.717) is 23.9 Å². The minimum absolute atomic E-state index is 0.0649. The summed E-state index contributed by atoms with van der Waals surface area (Å²) in [5, 5.41) is 14.6. The summed E-state index contributed by atoms with van der Waals surface area (Å²) in [4.78, 5) is 27.3. The van der Waals surface area contributed by atoms with Crippen LogP contribution in [-0.2, 0) is 12.6 Å². The van der Waals surface area contributed by atoms with Crippen molar-refractivity contribution in [2.45, 2.75) is 19.5 Å². The normalized spacial score (nSPS) is 11.2. The molecule has 0 aliphatic rings. The van der Waals surface area contributed by atoms with E-state index in [2.05, 4.69) is 41.1 Å². The molecule has 0 fully saturated rings. The molecule has 1 aromatic carbocycles. The van der Waals surface area contributed by atoms with Crippen LogP contribution in [0, 0.1) is 6.92 Å². The van der Waals surface area contributed by atoms with Crippen molar-refractivity contribution in [3.63, 3.8) is 0 Å². The summed E-state index contributed by atoms with van der Waals surface area (Å²) in [6.45, 7) is 1.86. The topological polar surface area (TPSA) is 124 Å². The van der Waals surface area contributed by atoms with Crippen LogP contribution in [0.25, 0.3) is 0 Å². The molecular formula is C24H23ClF3N9O. The number of hydrogen-bond donors (Lipinski definition) is 4. The minimum atomic E-state index is -4.64. The van der Waals surface area contributed by atoms with Crippen molar-refractivity contribution in [3.8, 4) is 0 Å². The van der Waals surface area contributed by atoms with Crippen LogP contribution in [0.15, 0.2) is 48.7 Å². The van der Waals surface area contributed by atoms with Crippen molar-refractivity contribution in [2.24, 2.45) is 0 Å². The summed E-state index contributed by atoms with van der Waals surface area (Å²) < 4.78 is 39.1. The third kappa shape index (κ3) is 6.88. The summed E-state index contributed by atoms with van der Waals surface area (Å²) in [7, 11) is 3.78. The quantitative estimate of drug-likeness (QED) is 0.238. The van der Waals surface area contributed by atoms with Gasteiger partial charge in [-0.2, -0.15) is 18.3 Å². The molecule has 0 saturated carbocycles. The predicted molar refractivity (Wildman–Crippen MR) is 139 cm³/mol. The molecule has 38 heavy (non-hydrogen) atoms. The van der Waals surface area contributed by atoms with Crippen LogP contribution >= 0.6 is 11.6 Å². The standard InChI is InChI=1S/C24H23ClF3N9O/c1-13-8-19(33-21-11-22(36-35-21)37(2)3)32-20(30-13)9-14-4-7-18(29-12-14)34-23(38)31-15-5-6-17(25)16(10-15)24(26,27)28/h4-8,10-12H,9H2,1-3H3,(H2,29,31,34,38)(H2,30,32,33,35,36). The summed E-state index contributed by atoms with van der Waals surface area (Å²) in [6, 6.07) is 9.31. The number of carbonyl (C=O) groups excluding carboxylic acids is 1. The second kappa shape index (κ2) is 10.9. The van der Waals surface area contributed by atoms with Gasteiger partial charge in [0.05, 0.1) is 10.6 Å². The number of nitrogens with one attached hydrogen (secondary N) is 4. The number of halogens is 4. The molecule has 3 aromatic heterocycles. The summed E-state index contributed by atoms with van der Waals surface area (Å²) in [6.07, 6.45) is -2.71. The Bertz CT molecular complexity index is 1440. The fourth-order valence-electron chi connectivity index (χ4n) is 3.40. The maximum atomic E-state index is 13.0. The van der Waals surface area contributed by atoms with E-state index in [1.54, 1.807) is 18.3 Å². The first-order valence-corrected chi connectivity index (χ1v) is 11.6. The highest BCUT2D eigenvalue weighted by Crippen LogP contribution is 2.36. The number of urea groups is 1. The smallest absolute Gasteiger partial charge is 0.361 e. The van der Waals surface area contributed by atoms with Crippen molar-refractivity contribution < 1.29 is 18.0 Å². The Kier molecular flexibility index (Phi) is 7.67. The predicted octanol–water partition coefficient (Wildman–Crippen LogP) is 5.62. The number of carbonyl (C=O) groups is 1. The Morgan fingerprint density at radius 1 is 1.05 bits per heavy atom. The van der Waals surface area contributed by atoms with Crippen molar-refractivity contribution in [1.82, 2.24) is 25.1 Å². The Balaban J connectivity index is 1.38. The molecule has 0 radical (unpaired) electrons. The van der Waals surface area contributed by atoms with Gasteiger partial charge in [-0.3, -0.25) is 10.4 Å². The van der Waals surface area contributed by atoms with Gasteiger partial charge in [-0.25, -0.2) is 19.7 Å². The number of alkyl halides is 3. The third-order valence-electron chi connectivity index (χ3n) is 5.14. The second-order valence-corrected chi connectivity index (χ2v) is 8.88. The van der Waals surface area contributed by atoms with E-state index in [-0.39, 0.29) is 11.5 Å². The van der Waals surface area contributed by atoms with Crippen LogP contribution in [0.5, 0.6) is 0 Å². The number of nitrogens with zero attached hydrogens (tertiary/aromatic N) is 5. The molecule has 0 aliphatic carbocycles. The SMILES string of the molecule is Cc1cc(Nc2cc(N(C)C)n[nH]2)nc(Cc2ccc(NC(=O)Nc3ccc(Cl)c(C(F)(F)F)c3)nc2)n1. The van der Waals surface area contributed by atoms with E-state index in [9.17, 15) is 18.0 Å². The molecule has 198 valence electrons. The van der Waals surface area contributed by atoms with Crippen molar-refractivity contribution in [1.29, 1.82) is 0 Å². The molecule has 0 spiro atoms. The number of anilines is 5. The largest absolute Gasteiger partial charge is 0.417 e. The monoisotopic (exact) mass is 545 g/mol. The van der Waals surface area contributed by atoms with Crippen molar-refractivity contribution in [3.05, 3.63) is 76.3 Å². The van der Waals surface area contributed by atoms with Crippen LogP contribution in [0.2, 0.25) is 5.02 Å². The van der Waals surface area contributed by atoms with Crippen LogP contribution < -0.4 is 20.9 Å². The molecule has 2 amide bonds. The van der Waals surface area contributed by atoms with Gasteiger partial charge in [0.15, 0.2) is 5.82 Å². The van der Waals surface area contributed by atoms with E-state index in [4.69, 9.17) is 11.6 Å². The zero-order valence-electron chi connectivity index (χ0n) is 20.5. The van der Waals surface area contributed by atoms with E-state index in [1.165, 1.54) is 6.07 Å². The van der Waals surface area contributed by atoms with E-state index >= 15 is 0 Å². The molecule has 10 nitrogen and oxygen atoms in total. The van der Waals surface area contributed by atoms with Gasteiger partial charge >= 0.3 is 12.2 Å². The van der Waals surface area contributed by atoms with E-state index in [0.717, 1.165) is 29.2 Å². The Labute approximate surface area is 220 Å². The number of aromatic amines is 1. The van der Waals surface area contributed by atoms with Gasteiger partial charge in [0.25, 0.3) is 0 Å². The van der Waals surface area contributed by atoms with Gasteiger partial charge < -0.3 is 15.5 Å². The average Bonchev–Trinajstić information content (AvgIpc) is 3.29. The first-order valence-electron chi connectivity index (χ1n) is 11.2. The Hall–Kier alpha value is -4.39. The number of pyridine rings is 1. The highest BCUT2D eigenvalue weighted by molar-refractivity contribution is 6.31. The van der Waals surface area contributed by atoms with Crippen LogP contribution in [0.1, 0.15) is 22.6 Å². The fraction of sp³-hybridized carbons (Fsp3) is 0.208. The molecule has 0 unspecified atom stereocenters. The Morgan fingerprint density at radius 2 is 1.84 bits per heavy atom. The van der Waals surface area contributed by atoms with Gasteiger partial charge in [-0.15, -0.1) is 0 Å². The minimum Gasteiger partial charge on any atom is -0.361 e. The van der Waals surface area contributed by atoms with Crippen LogP contribution in [-0.4, -0.2) is 45.3 Å². The molecule has 4 N–H and O–H groups in total. The molecular weight excluding hydrogens is 523 g/mol. The van der Waals surface area contributed by atoms with Gasteiger partial charge in [0.1, 0.15) is 23.3 Å². The molecule has 3 heterocycles. The van der Waals surface area contributed by atoms with E-state index < -0.39 is 22.8 Å². The lowest BCUT2D eigenvalue weighted by Crippen LogP contribution is -2.20. The number of amides is 2.